The number of halogens is 1. The zero-order valence-electron chi connectivity index (χ0n) is 14.7. The molecule has 0 saturated heterocycles. The van der Waals surface area contributed by atoms with Gasteiger partial charge in [0.05, 0.1) is 4.90 Å². The van der Waals surface area contributed by atoms with Gasteiger partial charge >= 0.3 is 0 Å². The topological polar surface area (TPSA) is 108 Å². The van der Waals surface area contributed by atoms with Crippen molar-refractivity contribution in [1.29, 1.82) is 0 Å². The van der Waals surface area contributed by atoms with Crippen molar-refractivity contribution in [1.82, 2.24) is 14.8 Å². The third kappa shape index (κ3) is 3.93. The standard InChI is InChI=1S/C18H17FN4O3S/c1-11-3-4-12(2)13(7-11)8-18-21-17(10-24)22-23(18)16-6-5-14(9-15(16)19)27(20,25)26/h3-7,9-10H,8H2,1-2H3,(H2,20,25,26). The number of nitrogens with two attached hydrogens (primary N) is 1. The third-order valence-electron chi connectivity index (χ3n) is 4.13. The summed E-state index contributed by atoms with van der Waals surface area (Å²) in [5, 5.41) is 9.04. The second-order valence-electron chi connectivity index (χ2n) is 6.18. The lowest BCUT2D eigenvalue weighted by atomic mass is 10.0. The molecule has 0 aliphatic rings. The van der Waals surface area contributed by atoms with E-state index in [1.807, 2.05) is 32.0 Å². The van der Waals surface area contributed by atoms with Crippen LogP contribution in [0.3, 0.4) is 0 Å². The summed E-state index contributed by atoms with van der Waals surface area (Å²) in [7, 11) is -4.03. The molecule has 0 fully saturated rings. The van der Waals surface area contributed by atoms with E-state index < -0.39 is 15.8 Å². The van der Waals surface area contributed by atoms with Crippen LogP contribution in [0.1, 0.15) is 33.1 Å². The Hall–Kier alpha value is -2.91. The summed E-state index contributed by atoms with van der Waals surface area (Å²) in [6, 6.07) is 9.16. The number of hydrogen-bond donors (Lipinski definition) is 1. The molecule has 1 aromatic heterocycles. The van der Waals surface area contributed by atoms with E-state index in [1.54, 1.807) is 0 Å². The van der Waals surface area contributed by atoms with Gasteiger partial charge in [-0.3, -0.25) is 4.79 Å². The molecule has 0 amide bonds. The van der Waals surface area contributed by atoms with Gasteiger partial charge in [0.1, 0.15) is 17.3 Å². The number of aldehydes is 1. The van der Waals surface area contributed by atoms with Gasteiger partial charge in [-0.15, -0.1) is 5.10 Å². The van der Waals surface area contributed by atoms with E-state index in [0.29, 0.717) is 18.5 Å². The van der Waals surface area contributed by atoms with E-state index in [-0.39, 0.29) is 16.4 Å². The van der Waals surface area contributed by atoms with E-state index in [2.05, 4.69) is 10.1 Å². The number of aromatic nitrogens is 3. The predicted molar refractivity (Wildman–Crippen MR) is 96.8 cm³/mol. The number of sulfonamides is 1. The molecule has 3 aromatic rings. The van der Waals surface area contributed by atoms with Crippen LogP contribution in [0, 0.1) is 19.7 Å². The Labute approximate surface area is 155 Å². The summed E-state index contributed by atoms with van der Waals surface area (Å²) in [6.45, 7) is 3.90. The molecule has 140 valence electrons. The Balaban J connectivity index is 2.10. The molecule has 1 heterocycles. The Kier molecular flexibility index (Phi) is 4.90. The van der Waals surface area contributed by atoms with Crippen molar-refractivity contribution in [2.45, 2.75) is 25.2 Å². The smallest absolute Gasteiger partial charge is 0.238 e. The fourth-order valence-corrected chi connectivity index (χ4v) is 3.24. The molecule has 0 unspecified atom stereocenters. The van der Waals surface area contributed by atoms with Crippen molar-refractivity contribution in [3.8, 4) is 5.69 Å². The summed E-state index contributed by atoms with van der Waals surface area (Å²) in [6.07, 6.45) is 0.796. The summed E-state index contributed by atoms with van der Waals surface area (Å²) in [4.78, 5) is 14.9. The Morgan fingerprint density at radius 3 is 2.56 bits per heavy atom. The number of rotatable bonds is 5. The van der Waals surface area contributed by atoms with Gasteiger partial charge in [0, 0.05) is 6.42 Å². The summed E-state index contributed by atoms with van der Waals surface area (Å²) in [5.41, 5.74) is 3.01. The number of primary sulfonamides is 1. The first-order chi connectivity index (χ1) is 12.7. The summed E-state index contributed by atoms with van der Waals surface area (Å²) in [5.74, 6) is -0.579. The first kappa shape index (κ1) is 18.9. The maximum atomic E-state index is 14.5. The Morgan fingerprint density at radius 2 is 1.93 bits per heavy atom. The quantitative estimate of drug-likeness (QED) is 0.673. The first-order valence-electron chi connectivity index (χ1n) is 7.99. The molecule has 9 heteroatoms. The van der Waals surface area contributed by atoms with E-state index in [9.17, 15) is 17.6 Å². The van der Waals surface area contributed by atoms with Crippen molar-refractivity contribution in [3.63, 3.8) is 0 Å². The number of nitrogens with zero attached hydrogens (tertiary/aromatic N) is 3. The van der Waals surface area contributed by atoms with Gasteiger partial charge < -0.3 is 0 Å². The fourth-order valence-electron chi connectivity index (χ4n) is 2.72. The number of benzene rings is 2. The fraction of sp³-hybridized carbons (Fsp3) is 0.167. The number of carbonyl (C=O) groups is 1. The van der Waals surface area contributed by atoms with Crippen molar-refractivity contribution < 1.29 is 17.6 Å². The van der Waals surface area contributed by atoms with Crippen LogP contribution in [0.25, 0.3) is 5.69 Å². The van der Waals surface area contributed by atoms with Gasteiger partial charge in [-0.05, 0) is 43.2 Å². The summed E-state index contributed by atoms with van der Waals surface area (Å²) >= 11 is 0. The largest absolute Gasteiger partial charge is 0.294 e. The van der Waals surface area contributed by atoms with Crippen LogP contribution in [0.2, 0.25) is 0 Å². The van der Waals surface area contributed by atoms with Gasteiger partial charge in [-0.25, -0.2) is 27.6 Å². The van der Waals surface area contributed by atoms with Gasteiger partial charge in [-0.2, -0.15) is 0 Å². The van der Waals surface area contributed by atoms with Crippen LogP contribution < -0.4 is 5.14 Å². The molecule has 0 aliphatic heterocycles. The minimum absolute atomic E-state index is 0.0247. The van der Waals surface area contributed by atoms with Crippen LogP contribution in [-0.2, 0) is 16.4 Å². The molecule has 2 N–H and O–H groups in total. The van der Waals surface area contributed by atoms with E-state index in [4.69, 9.17) is 5.14 Å². The van der Waals surface area contributed by atoms with Gasteiger partial charge in [0.15, 0.2) is 6.29 Å². The predicted octanol–water partition coefficient (Wildman–Crippen LogP) is 2.07. The number of hydrogen-bond acceptors (Lipinski definition) is 5. The normalized spacial score (nSPS) is 11.6. The molecular weight excluding hydrogens is 371 g/mol. The van der Waals surface area contributed by atoms with Gasteiger partial charge in [0.2, 0.25) is 15.8 Å². The van der Waals surface area contributed by atoms with E-state index in [0.717, 1.165) is 22.8 Å². The lowest BCUT2D eigenvalue weighted by Gasteiger charge is -2.10. The SMILES string of the molecule is Cc1ccc(C)c(Cc2nc(C=O)nn2-c2ccc(S(N)(=O)=O)cc2F)c1. The molecule has 0 radical (unpaired) electrons. The molecule has 2 aromatic carbocycles. The number of carbonyl (C=O) groups excluding carboxylic acids is 1. The highest BCUT2D eigenvalue weighted by molar-refractivity contribution is 7.89. The molecule has 0 bridgehead atoms. The average Bonchev–Trinajstić information content (AvgIpc) is 3.00. The minimum Gasteiger partial charge on any atom is -0.294 e. The second kappa shape index (κ2) is 7.01. The van der Waals surface area contributed by atoms with Crippen LogP contribution in [0.15, 0.2) is 41.3 Å². The van der Waals surface area contributed by atoms with Crippen molar-refractivity contribution >= 4 is 16.3 Å². The molecule has 7 nitrogen and oxygen atoms in total. The molecule has 0 aliphatic carbocycles. The molecule has 0 saturated carbocycles. The maximum absolute atomic E-state index is 14.5. The van der Waals surface area contributed by atoms with Crippen LogP contribution >= 0.6 is 0 Å². The summed E-state index contributed by atoms with van der Waals surface area (Å²) < 4.78 is 38.5. The van der Waals surface area contributed by atoms with E-state index >= 15 is 0 Å². The molecule has 0 spiro atoms. The van der Waals surface area contributed by atoms with Crippen LogP contribution in [0.4, 0.5) is 4.39 Å². The zero-order chi connectivity index (χ0) is 19.8. The highest BCUT2D eigenvalue weighted by atomic mass is 32.2. The molecular formula is C18H17FN4O3S. The third-order valence-corrected chi connectivity index (χ3v) is 5.04. The van der Waals surface area contributed by atoms with Crippen molar-refractivity contribution in [2.24, 2.45) is 5.14 Å². The highest BCUT2D eigenvalue weighted by Crippen LogP contribution is 2.21. The Morgan fingerprint density at radius 1 is 1.19 bits per heavy atom. The highest BCUT2D eigenvalue weighted by Gasteiger charge is 2.18. The molecule has 3 rings (SSSR count). The van der Waals surface area contributed by atoms with Gasteiger partial charge in [0.25, 0.3) is 0 Å². The lowest BCUT2D eigenvalue weighted by molar-refractivity contribution is 0.111. The Bertz CT molecular complexity index is 1140. The second-order valence-corrected chi connectivity index (χ2v) is 7.74. The van der Waals surface area contributed by atoms with Crippen molar-refractivity contribution in [3.05, 3.63) is 70.6 Å². The monoisotopic (exact) mass is 388 g/mol. The van der Waals surface area contributed by atoms with E-state index in [1.165, 1.54) is 16.8 Å². The van der Waals surface area contributed by atoms with Crippen molar-refractivity contribution in [2.75, 3.05) is 0 Å². The first-order valence-corrected chi connectivity index (χ1v) is 9.53. The average molecular weight is 388 g/mol. The number of aryl methyl sites for hydroxylation is 2. The zero-order valence-corrected chi connectivity index (χ0v) is 15.5. The van der Waals surface area contributed by atoms with Gasteiger partial charge in [-0.1, -0.05) is 23.8 Å². The maximum Gasteiger partial charge on any atom is 0.238 e. The van der Waals surface area contributed by atoms with Crippen LogP contribution in [0.5, 0.6) is 0 Å². The molecule has 27 heavy (non-hydrogen) atoms. The van der Waals surface area contributed by atoms with Crippen LogP contribution in [-0.4, -0.2) is 29.5 Å². The lowest BCUT2D eigenvalue weighted by Crippen LogP contribution is -2.13. The molecule has 0 atom stereocenters. The minimum atomic E-state index is -4.03.